The summed E-state index contributed by atoms with van der Waals surface area (Å²) in [4.78, 5) is 23.9. The number of nitrogens with two attached hydrogens (primary N) is 1. The highest BCUT2D eigenvalue weighted by atomic mass is 32.1. The summed E-state index contributed by atoms with van der Waals surface area (Å²) >= 11 is 1.58. The SMILES string of the molecule is NC(=O)Cc1ccccc1NC(=O)NCc1cccs1. The van der Waals surface area contributed by atoms with Gasteiger partial charge in [0.05, 0.1) is 13.0 Å². The summed E-state index contributed by atoms with van der Waals surface area (Å²) in [5.74, 6) is -0.432. The monoisotopic (exact) mass is 289 g/mol. The molecule has 20 heavy (non-hydrogen) atoms. The molecule has 0 spiro atoms. The van der Waals surface area contributed by atoms with Crippen LogP contribution in [0.1, 0.15) is 10.4 Å². The minimum absolute atomic E-state index is 0.0986. The summed E-state index contributed by atoms with van der Waals surface area (Å²) in [7, 11) is 0. The Morgan fingerprint density at radius 3 is 2.65 bits per heavy atom. The zero-order valence-electron chi connectivity index (χ0n) is 10.8. The first kappa shape index (κ1) is 14.1. The van der Waals surface area contributed by atoms with Crippen molar-refractivity contribution in [2.24, 2.45) is 5.73 Å². The third-order valence-electron chi connectivity index (χ3n) is 2.63. The van der Waals surface area contributed by atoms with Gasteiger partial charge in [0, 0.05) is 10.6 Å². The van der Waals surface area contributed by atoms with Crippen LogP contribution >= 0.6 is 11.3 Å². The number of para-hydroxylation sites is 1. The van der Waals surface area contributed by atoms with Crippen molar-refractivity contribution >= 4 is 29.0 Å². The number of hydrogen-bond acceptors (Lipinski definition) is 3. The van der Waals surface area contributed by atoms with Gasteiger partial charge < -0.3 is 16.4 Å². The zero-order valence-corrected chi connectivity index (χ0v) is 11.6. The number of amides is 3. The van der Waals surface area contributed by atoms with Crippen LogP contribution in [0, 0.1) is 0 Å². The van der Waals surface area contributed by atoms with Crippen LogP contribution in [0.4, 0.5) is 10.5 Å². The molecule has 0 atom stereocenters. The standard InChI is InChI=1S/C14H15N3O2S/c15-13(18)8-10-4-1-2-6-12(10)17-14(19)16-9-11-5-3-7-20-11/h1-7H,8-9H2,(H2,15,18)(H2,16,17,19). The molecule has 1 aromatic carbocycles. The van der Waals surface area contributed by atoms with Crippen LogP contribution in [0.5, 0.6) is 0 Å². The van der Waals surface area contributed by atoms with E-state index in [0.717, 1.165) is 4.88 Å². The first-order chi connectivity index (χ1) is 9.65. The van der Waals surface area contributed by atoms with Crippen molar-refractivity contribution in [1.82, 2.24) is 5.32 Å². The first-order valence-corrected chi connectivity index (χ1v) is 6.96. The molecule has 0 fully saturated rings. The molecule has 0 aliphatic carbocycles. The number of hydrogen-bond donors (Lipinski definition) is 3. The Morgan fingerprint density at radius 1 is 1.15 bits per heavy atom. The molecule has 0 aliphatic rings. The maximum Gasteiger partial charge on any atom is 0.319 e. The Balaban J connectivity index is 1.95. The molecule has 3 amide bonds. The average Bonchev–Trinajstić information content (AvgIpc) is 2.91. The lowest BCUT2D eigenvalue weighted by Gasteiger charge is -2.10. The molecule has 0 bridgehead atoms. The Bertz CT molecular complexity index is 596. The Labute approximate surface area is 120 Å². The van der Waals surface area contributed by atoms with Crippen molar-refractivity contribution in [2.45, 2.75) is 13.0 Å². The molecule has 2 aromatic rings. The first-order valence-electron chi connectivity index (χ1n) is 6.08. The molecule has 0 unspecified atom stereocenters. The highest BCUT2D eigenvalue weighted by molar-refractivity contribution is 7.09. The molecular formula is C14H15N3O2S. The summed E-state index contributed by atoms with van der Waals surface area (Å²) in [6.07, 6.45) is 0.0986. The number of nitrogens with one attached hydrogen (secondary N) is 2. The lowest BCUT2D eigenvalue weighted by atomic mass is 10.1. The van der Waals surface area contributed by atoms with Gasteiger partial charge in [-0.2, -0.15) is 0 Å². The highest BCUT2D eigenvalue weighted by Gasteiger charge is 2.08. The van der Waals surface area contributed by atoms with Crippen LogP contribution in [0.15, 0.2) is 41.8 Å². The van der Waals surface area contributed by atoms with Crippen molar-refractivity contribution in [3.8, 4) is 0 Å². The minimum Gasteiger partial charge on any atom is -0.369 e. The van der Waals surface area contributed by atoms with Gasteiger partial charge in [0.25, 0.3) is 0 Å². The smallest absolute Gasteiger partial charge is 0.319 e. The highest BCUT2D eigenvalue weighted by Crippen LogP contribution is 2.15. The third kappa shape index (κ3) is 4.10. The fourth-order valence-electron chi connectivity index (χ4n) is 1.73. The van der Waals surface area contributed by atoms with Crippen LogP contribution in [-0.4, -0.2) is 11.9 Å². The Morgan fingerprint density at radius 2 is 1.95 bits per heavy atom. The quantitative estimate of drug-likeness (QED) is 0.787. The van der Waals surface area contributed by atoms with Crippen LogP contribution in [-0.2, 0) is 17.8 Å². The van der Waals surface area contributed by atoms with Gasteiger partial charge in [0.15, 0.2) is 0 Å². The molecule has 104 valence electrons. The molecule has 5 nitrogen and oxygen atoms in total. The van der Waals surface area contributed by atoms with E-state index < -0.39 is 5.91 Å². The van der Waals surface area contributed by atoms with Crippen molar-refractivity contribution in [3.05, 3.63) is 52.2 Å². The lowest BCUT2D eigenvalue weighted by molar-refractivity contribution is -0.117. The summed E-state index contributed by atoms with van der Waals surface area (Å²) in [5, 5.41) is 7.44. The Hall–Kier alpha value is -2.34. The van der Waals surface area contributed by atoms with E-state index in [0.29, 0.717) is 17.8 Å². The van der Waals surface area contributed by atoms with Gasteiger partial charge >= 0.3 is 6.03 Å². The van der Waals surface area contributed by atoms with Crippen LogP contribution < -0.4 is 16.4 Å². The van der Waals surface area contributed by atoms with Crippen molar-refractivity contribution in [2.75, 3.05) is 5.32 Å². The van der Waals surface area contributed by atoms with E-state index in [2.05, 4.69) is 10.6 Å². The fraction of sp³-hybridized carbons (Fsp3) is 0.143. The summed E-state index contributed by atoms with van der Waals surface area (Å²) in [6.45, 7) is 0.474. The van der Waals surface area contributed by atoms with Crippen LogP contribution in [0.3, 0.4) is 0 Å². The lowest BCUT2D eigenvalue weighted by Crippen LogP contribution is -2.28. The number of anilines is 1. The van der Waals surface area contributed by atoms with Crippen molar-refractivity contribution in [3.63, 3.8) is 0 Å². The number of urea groups is 1. The van der Waals surface area contributed by atoms with Crippen LogP contribution in [0.25, 0.3) is 0 Å². The van der Waals surface area contributed by atoms with Gasteiger partial charge in [-0.3, -0.25) is 4.79 Å². The maximum absolute atomic E-state index is 11.8. The van der Waals surface area contributed by atoms with E-state index in [-0.39, 0.29) is 12.5 Å². The molecule has 0 saturated heterocycles. The largest absolute Gasteiger partial charge is 0.369 e. The molecule has 4 N–H and O–H groups in total. The number of thiophene rings is 1. The van der Waals surface area contributed by atoms with E-state index >= 15 is 0 Å². The second kappa shape index (κ2) is 6.72. The molecule has 6 heteroatoms. The molecule has 2 rings (SSSR count). The van der Waals surface area contributed by atoms with Gasteiger partial charge in [0.2, 0.25) is 5.91 Å². The molecule has 0 saturated carbocycles. The minimum atomic E-state index is -0.432. The zero-order chi connectivity index (χ0) is 14.4. The second-order valence-electron chi connectivity index (χ2n) is 4.19. The fourth-order valence-corrected chi connectivity index (χ4v) is 2.38. The topological polar surface area (TPSA) is 84.2 Å². The van der Waals surface area contributed by atoms with Crippen molar-refractivity contribution < 1.29 is 9.59 Å². The van der Waals surface area contributed by atoms with Crippen molar-refractivity contribution in [1.29, 1.82) is 0 Å². The van der Waals surface area contributed by atoms with Gasteiger partial charge in [0.1, 0.15) is 0 Å². The van der Waals surface area contributed by atoms with Gasteiger partial charge in [-0.25, -0.2) is 4.79 Å². The van der Waals surface area contributed by atoms with E-state index in [1.807, 2.05) is 17.5 Å². The molecule has 0 aliphatic heterocycles. The van der Waals surface area contributed by atoms with Crippen LogP contribution in [0.2, 0.25) is 0 Å². The summed E-state index contributed by atoms with van der Waals surface area (Å²) in [5.41, 5.74) is 6.47. The average molecular weight is 289 g/mol. The molecule has 1 aromatic heterocycles. The van der Waals surface area contributed by atoms with E-state index in [4.69, 9.17) is 5.73 Å². The number of primary amides is 1. The molecule has 1 heterocycles. The van der Waals surface area contributed by atoms with Gasteiger partial charge in [-0.1, -0.05) is 24.3 Å². The van der Waals surface area contributed by atoms with Gasteiger partial charge in [-0.05, 0) is 23.1 Å². The van der Waals surface area contributed by atoms with E-state index in [9.17, 15) is 9.59 Å². The number of benzene rings is 1. The normalized spacial score (nSPS) is 10.0. The molecule has 0 radical (unpaired) electrons. The van der Waals surface area contributed by atoms with Gasteiger partial charge in [-0.15, -0.1) is 11.3 Å². The number of rotatable bonds is 5. The van der Waals surface area contributed by atoms with E-state index in [1.54, 1.807) is 35.6 Å². The molecular weight excluding hydrogens is 274 g/mol. The Kier molecular flexibility index (Phi) is 4.73. The summed E-state index contributed by atoms with van der Waals surface area (Å²) in [6, 6.07) is 10.7. The number of carbonyl (C=O) groups excluding carboxylic acids is 2. The maximum atomic E-state index is 11.8. The predicted octanol–water partition coefficient (Wildman–Crippen LogP) is 2.10. The van der Waals surface area contributed by atoms with E-state index in [1.165, 1.54) is 0 Å². The number of carbonyl (C=O) groups is 2. The third-order valence-corrected chi connectivity index (χ3v) is 3.51. The summed E-state index contributed by atoms with van der Waals surface area (Å²) < 4.78 is 0. The second-order valence-corrected chi connectivity index (χ2v) is 5.22. The predicted molar refractivity (Wildman–Crippen MR) is 79.5 cm³/mol.